The van der Waals surface area contributed by atoms with Crippen molar-refractivity contribution >= 4 is 21.9 Å². The molecule has 0 amide bonds. The van der Waals surface area contributed by atoms with E-state index < -0.39 is 17.4 Å². The Morgan fingerprint density at radius 2 is 1.85 bits per heavy atom. The highest BCUT2D eigenvalue weighted by molar-refractivity contribution is 6.05. The Morgan fingerprint density at radius 1 is 1.11 bits per heavy atom. The van der Waals surface area contributed by atoms with Gasteiger partial charge in [-0.05, 0) is 38.1 Å². The van der Waals surface area contributed by atoms with E-state index in [1.165, 1.54) is 10.7 Å². The third-order valence-electron chi connectivity index (χ3n) is 4.61. The van der Waals surface area contributed by atoms with Crippen molar-refractivity contribution in [3.05, 3.63) is 57.9 Å². The fourth-order valence-corrected chi connectivity index (χ4v) is 3.19. The monoisotopic (exact) mass is 373 g/mol. The topological polar surface area (TPSA) is 65.6 Å². The second-order valence-electron chi connectivity index (χ2n) is 6.25. The summed E-state index contributed by atoms with van der Waals surface area (Å²) in [6, 6.07) is 5.48. The molecule has 27 heavy (non-hydrogen) atoms. The van der Waals surface area contributed by atoms with Crippen LogP contribution in [0.4, 0.5) is 13.2 Å². The van der Waals surface area contributed by atoms with Crippen LogP contribution in [0.2, 0.25) is 0 Å². The van der Waals surface area contributed by atoms with Gasteiger partial charge in [-0.15, -0.1) is 0 Å². The quantitative estimate of drug-likeness (QED) is 0.514. The Labute approximate surface area is 150 Å². The smallest absolute Gasteiger partial charge is 0.271 e. The maximum Gasteiger partial charge on any atom is 0.433 e. The number of halogens is 3. The predicted octanol–water partition coefficient (Wildman–Crippen LogP) is 3.30. The molecule has 0 spiro atoms. The largest absolute Gasteiger partial charge is 0.433 e. The Bertz CT molecular complexity index is 1270. The zero-order valence-electron chi connectivity index (χ0n) is 14.7. The number of hydrogen-bond acceptors (Lipinski definition) is 4. The molecule has 138 valence electrons. The molecule has 0 bridgehead atoms. The average Bonchev–Trinajstić information content (AvgIpc) is 2.91. The summed E-state index contributed by atoms with van der Waals surface area (Å²) in [4.78, 5) is 21.1. The molecular weight excluding hydrogens is 359 g/mol. The van der Waals surface area contributed by atoms with Crippen LogP contribution in [-0.4, -0.2) is 24.3 Å². The Hall–Kier alpha value is -3.23. The van der Waals surface area contributed by atoms with Crippen molar-refractivity contribution in [2.24, 2.45) is 7.05 Å². The number of nitrogens with zero attached hydrogens (tertiary/aromatic N) is 5. The van der Waals surface area contributed by atoms with Crippen molar-refractivity contribution in [3.8, 4) is 5.69 Å². The highest BCUT2D eigenvalue weighted by Crippen LogP contribution is 2.32. The molecule has 4 aromatic heterocycles. The number of pyridine rings is 3. The highest BCUT2D eigenvalue weighted by Gasteiger charge is 2.33. The minimum absolute atomic E-state index is 0.0745. The second kappa shape index (κ2) is 5.63. The summed E-state index contributed by atoms with van der Waals surface area (Å²) < 4.78 is 42.4. The summed E-state index contributed by atoms with van der Waals surface area (Å²) >= 11 is 0. The zero-order valence-corrected chi connectivity index (χ0v) is 14.7. The van der Waals surface area contributed by atoms with Gasteiger partial charge in [0.1, 0.15) is 11.3 Å². The van der Waals surface area contributed by atoms with Crippen molar-refractivity contribution < 1.29 is 13.2 Å². The highest BCUT2D eigenvalue weighted by atomic mass is 19.4. The van der Waals surface area contributed by atoms with Crippen molar-refractivity contribution in [3.63, 3.8) is 0 Å². The van der Waals surface area contributed by atoms with Crippen molar-refractivity contribution in [2.75, 3.05) is 0 Å². The minimum Gasteiger partial charge on any atom is -0.271 e. The van der Waals surface area contributed by atoms with E-state index in [1.54, 1.807) is 39.2 Å². The molecule has 4 heterocycles. The Balaban J connectivity index is 2.28. The van der Waals surface area contributed by atoms with Gasteiger partial charge in [0, 0.05) is 29.7 Å². The van der Waals surface area contributed by atoms with Crippen LogP contribution in [0.1, 0.15) is 17.1 Å². The summed E-state index contributed by atoms with van der Waals surface area (Å²) in [6.45, 7) is 3.43. The standard InChI is InChI=1S/C18H14F3N5O/c1-9-12(5-4-8-22-9)26-16-11(6-7-13(23-16)18(19,20)21)14-10(2)25(3)24-15(14)17(26)27/h4-8H,1-3H3. The van der Waals surface area contributed by atoms with E-state index in [4.69, 9.17) is 0 Å². The fraction of sp³-hybridized carbons (Fsp3) is 0.222. The maximum atomic E-state index is 13.2. The van der Waals surface area contributed by atoms with E-state index in [2.05, 4.69) is 15.1 Å². The van der Waals surface area contributed by atoms with Crippen LogP contribution >= 0.6 is 0 Å². The van der Waals surface area contributed by atoms with Crippen LogP contribution in [0.15, 0.2) is 35.3 Å². The number of rotatable bonds is 1. The lowest BCUT2D eigenvalue weighted by Gasteiger charge is -2.14. The first-order chi connectivity index (χ1) is 12.7. The summed E-state index contributed by atoms with van der Waals surface area (Å²) in [5, 5.41) is 5.18. The van der Waals surface area contributed by atoms with Crippen molar-refractivity contribution in [2.45, 2.75) is 20.0 Å². The third-order valence-corrected chi connectivity index (χ3v) is 4.61. The summed E-state index contributed by atoms with van der Waals surface area (Å²) in [6.07, 6.45) is -3.08. The van der Waals surface area contributed by atoms with E-state index in [1.807, 2.05) is 0 Å². The Kier molecular flexibility index (Phi) is 3.59. The van der Waals surface area contributed by atoms with Crippen LogP contribution in [-0.2, 0) is 13.2 Å². The van der Waals surface area contributed by atoms with Gasteiger partial charge < -0.3 is 0 Å². The summed E-state index contributed by atoms with van der Waals surface area (Å²) in [5.74, 6) is 0. The molecule has 6 nitrogen and oxygen atoms in total. The van der Waals surface area contributed by atoms with Gasteiger partial charge in [-0.2, -0.15) is 18.3 Å². The molecule has 0 radical (unpaired) electrons. The van der Waals surface area contributed by atoms with Gasteiger partial charge in [0.05, 0.1) is 11.4 Å². The van der Waals surface area contributed by atoms with Crippen LogP contribution in [0.3, 0.4) is 0 Å². The first kappa shape index (κ1) is 17.2. The molecule has 4 rings (SSSR count). The molecule has 0 aliphatic heterocycles. The van der Waals surface area contributed by atoms with E-state index in [0.717, 1.165) is 10.6 Å². The first-order valence-electron chi connectivity index (χ1n) is 8.08. The van der Waals surface area contributed by atoms with E-state index >= 15 is 0 Å². The number of aryl methyl sites for hydroxylation is 3. The maximum absolute atomic E-state index is 13.2. The molecule has 0 fully saturated rings. The number of hydrogen-bond donors (Lipinski definition) is 0. The molecule has 0 atom stereocenters. The first-order valence-corrected chi connectivity index (χ1v) is 8.08. The lowest BCUT2D eigenvalue weighted by atomic mass is 10.1. The third kappa shape index (κ3) is 2.49. The molecule has 4 aromatic rings. The molecule has 0 saturated carbocycles. The summed E-state index contributed by atoms with van der Waals surface area (Å²) in [7, 11) is 1.68. The van der Waals surface area contributed by atoms with Crippen molar-refractivity contribution in [1.82, 2.24) is 24.3 Å². The average molecular weight is 373 g/mol. The second-order valence-corrected chi connectivity index (χ2v) is 6.25. The number of fused-ring (bicyclic) bond motifs is 3. The molecule has 0 aliphatic carbocycles. The van der Waals surface area contributed by atoms with E-state index in [0.29, 0.717) is 27.8 Å². The molecular formula is C18H14F3N5O. The molecule has 0 saturated heterocycles. The predicted molar refractivity (Wildman–Crippen MR) is 93.9 cm³/mol. The van der Waals surface area contributed by atoms with Gasteiger partial charge in [0.15, 0.2) is 5.52 Å². The molecule has 0 N–H and O–H groups in total. The van der Waals surface area contributed by atoms with Gasteiger partial charge in [0.25, 0.3) is 5.56 Å². The van der Waals surface area contributed by atoms with Crippen LogP contribution < -0.4 is 5.56 Å². The van der Waals surface area contributed by atoms with Crippen molar-refractivity contribution in [1.29, 1.82) is 0 Å². The van der Waals surface area contributed by atoms with Gasteiger partial charge in [-0.1, -0.05) is 0 Å². The summed E-state index contributed by atoms with van der Waals surface area (Å²) in [5.41, 5.74) is 0.0249. The Morgan fingerprint density at radius 3 is 2.52 bits per heavy atom. The number of alkyl halides is 3. The SMILES string of the molecule is Cc1ncccc1-n1c(=O)c2nn(C)c(C)c2c2ccc(C(F)(F)F)nc21. The lowest BCUT2D eigenvalue weighted by molar-refractivity contribution is -0.141. The van der Waals surface area contributed by atoms with Gasteiger partial charge in [-0.25, -0.2) is 4.98 Å². The molecule has 9 heteroatoms. The molecule has 0 aliphatic rings. The fourth-order valence-electron chi connectivity index (χ4n) is 3.19. The van der Waals surface area contributed by atoms with Gasteiger partial charge in [-0.3, -0.25) is 19.0 Å². The zero-order chi connectivity index (χ0) is 19.5. The normalized spacial score (nSPS) is 12.2. The van der Waals surface area contributed by atoms with Gasteiger partial charge >= 0.3 is 6.18 Å². The molecule has 0 unspecified atom stereocenters. The van der Waals surface area contributed by atoms with E-state index in [-0.39, 0.29) is 11.2 Å². The van der Waals surface area contributed by atoms with Crippen LogP contribution in [0.5, 0.6) is 0 Å². The lowest BCUT2D eigenvalue weighted by Crippen LogP contribution is -2.22. The van der Waals surface area contributed by atoms with Gasteiger partial charge in [0.2, 0.25) is 0 Å². The molecule has 0 aromatic carbocycles. The van der Waals surface area contributed by atoms with E-state index in [9.17, 15) is 18.0 Å². The minimum atomic E-state index is -4.63. The van der Waals surface area contributed by atoms with Crippen LogP contribution in [0, 0.1) is 13.8 Å². The van der Waals surface area contributed by atoms with Crippen LogP contribution in [0.25, 0.3) is 27.6 Å². The number of aromatic nitrogens is 5.